The van der Waals surface area contributed by atoms with Crippen molar-refractivity contribution in [2.45, 2.75) is 32.2 Å². The van der Waals surface area contributed by atoms with Crippen LogP contribution in [0.15, 0.2) is 6.20 Å². The Balaban J connectivity index is 0.00000225. The standard InChI is InChI=1S/C9H16N4OS.ClH/c1-3-9(4-2,6-10)12-8(14)7-5-11-13-15-7;/h5H,3-4,6,10H2,1-2H3,(H,12,14);1H. The smallest absolute Gasteiger partial charge is 0.265 e. The zero-order chi connectivity index (χ0) is 11.3. The van der Waals surface area contributed by atoms with Crippen LogP contribution >= 0.6 is 23.9 Å². The highest BCUT2D eigenvalue weighted by Crippen LogP contribution is 2.14. The summed E-state index contributed by atoms with van der Waals surface area (Å²) in [6.45, 7) is 4.47. The number of hydrogen-bond donors (Lipinski definition) is 2. The molecule has 1 aromatic heterocycles. The monoisotopic (exact) mass is 264 g/mol. The Morgan fingerprint density at radius 1 is 1.56 bits per heavy atom. The first-order chi connectivity index (χ1) is 7.17. The van der Waals surface area contributed by atoms with Crippen molar-refractivity contribution in [3.8, 4) is 0 Å². The molecule has 1 heterocycles. The lowest BCUT2D eigenvalue weighted by molar-refractivity contribution is 0.0899. The van der Waals surface area contributed by atoms with Gasteiger partial charge in [-0.3, -0.25) is 4.79 Å². The molecule has 0 aliphatic heterocycles. The van der Waals surface area contributed by atoms with Gasteiger partial charge in [-0.05, 0) is 24.4 Å². The lowest BCUT2D eigenvalue weighted by atomic mass is 9.93. The minimum Gasteiger partial charge on any atom is -0.345 e. The zero-order valence-corrected chi connectivity index (χ0v) is 11.0. The van der Waals surface area contributed by atoms with E-state index in [0.717, 1.165) is 24.4 Å². The van der Waals surface area contributed by atoms with E-state index in [1.807, 2.05) is 13.8 Å². The minimum absolute atomic E-state index is 0. The third kappa shape index (κ3) is 3.40. The van der Waals surface area contributed by atoms with E-state index in [1.165, 1.54) is 6.20 Å². The fourth-order valence-electron chi connectivity index (χ4n) is 1.34. The lowest BCUT2D eigenvalue weighted by Crippen LogP contribution is -2.52. The number of rotatable bonds is 5. The number of carbonyl (C=O) groups is 1. The SMILES string of the molecule is CCC(CC)(CN)NC(=O)c1cnns1.Cl. The van der Waals surface area contributed by atoms with Crippen LogP contribution in [0.2, 0.25) is 0 Å². The van der Waals surface area contributed by atoms with Crippen LogP contribution in [0.5, 0.6) is 0 Å². The molecule has 1 amide bonds. The highest BCUT2D eigenvalue weighted by atomic mass is 35.5. The first kappa shape index (κ1) is 15.3. The summed E-state index contributed by atoms with van der Waals surface area (Å²) in [5, 5.41) is 6.58. The molecule has 0 bridgehead atoms. The van der Waals surface area contributed by atoms with Gasteiger partial charge in [-0.15, -0.1) is 17.5 Å². The Labute approximate surface area is 105 Å². The number of halogens is 1. The molecule has 0 saturated carbocycles. The van der Waals surface area contributed by atoms with Gasteiger partial charge in [0.2, 0.25) is 0 Å². The molecule has 92 valence electrons. The van der Waals surface area contributed by atoms with Crippen LogP contribution in [0.1, 0.15) is 36.4 Å². The van der Waals surface area contributed by atoms with Crippen LogP contribution < -0.4 is 11.1 Å². The Bertz CT molecular complexity index is 305. The molecule has 16 heavy (non-hydrogen) atoms. The molecule has 0 radical (unpaired) electrons. The van der Waals surface area contributed by atoms with Crippen molar-refractivity contribution in [2.75, 3.05) is 6.54 Å². The highest BCUT2D eigenvalue weighted by Gasteiger charge is 2.27. The molecule has 7 heteroatoms. The maximum atomic E-state index is 11.8. The van der Waals surface area contributed by atoms with E-state index in [1.54, 1.807) is 0 Å². The normalized spacial score (nSPS) is 10.7. The summed E-state index contributed by atoms with van der Waals surface area (Å²) in [7, 11) is 0. The molecular formula is C9H17ClN4OS. The van der Waals surface area contributed by atoms with Gasteiger partial charge in [0.05, 0.1) is 11.7 Å². The molecule has 1 rings (SSSR count). The van der Waals surface area contributed by atoms with E-state index in [2.05, 4.69) is 14.9 Å². The van der Waals surface area contributed by atoms with Crippen LogP contribution in [-0.2, 0) is 0 Å². The summed E-state index contributed by atoms with van der Waals surface area (Å²) in [4.78, 5) is 12.3. The zero-order valence-electron chi connectivity index (χ0n) is 9.40. The van der Waals surface area contributed by atoms with Gasteiger partial charge in [0.15, 0.2) is 0 Å². The predicted molar refractivity (Wildman–Crippen MR) is 67.0 cm³/mol. The molecule has 5 nitrogen and oxygen atoms in total. The van der Waals surface area contributed by atoms with E-state index in [0.29, 0.717) is 11.4 Å². The second-order valence-corrected chi connectivity index (χ2v) is 4.21. The van der Waals surface area contributed by atoms with Gasteiger partial charge < -0.3 is 11.1 Å². The van der Waals surface area contributed by atoms with Crippen molar-refractivity contribution in [2.24, 2.45) is 5.73 Å². The largest absolute Gasteiger partial charge is 0.345 e. The molecule has 3 N–H and O–H groups in total. The Hall–Kier alpha value is -0.720. The van der Waals surface area contributed by atoms with Crippen LogP contribution in [0.3, 0.4) is 0 Å². The molecule has 1 aromatic rings. The van der Waals surface area contributed by atoms with Crippen molar-refractivity contribution >= 4 is 29.8 Å². The van der Waals surface area contributed by atoms with Crippen molar-refractivity contribution in [1.29, 1.82) is 0 Å². The first-order valence-electron chi connectivity index (χ1n) is 4.97. The maximum Gasteiger partial charge on any atom is 0.265 e. The Kier molecular flexibility index (Phi) is 6.47. The van der Waals surface area contributed by atoms with E-state index >= 15 is 0 Å². The third-order valence-electron chi connectivity index (χ3n) is 2.71. The number of aromatic nitrogens is 2. The summed E-state index contributed by atoms with van der Waals surface area (Å²) in [6.07, 6.45) is 3.10. The summed E-state index contributed by atoms with van der Waals surface area (Å²) >= 11 is 1.09. The van der Waals surface area contributed by atoms with Gasteiger partial charge in [0.1, 0.15) is 4.88 Å². The van der Waals surface area contributed by atoms with Gasteiger partial charge in [-0.2, -0.15) is 0 Å². The fourth-order valence-corrected chi connectivity index (χ4v) is 1.75. The quantitative estimate of drug-likeness (QED) is 0.838. The molecule has 0 atom stereocenters. The minimum atomic E-state index is -0.304. The van der Waals surface area contributed by atoms with E-state index in [9.17, 15) is 4.79 Å². The molecule has 0 saturated heterocycles. The summed E-state index contributed by atoms with van der Waals surface area (Å²) in [5.74, 6) is -0.140. The molecule has 0 unspecified atom stereocenters. The average molecular weight is 265 g/mol. The average Bonchev–Trinajstić information content (AvgIpc) is 2.79. The second-order valence-electron chi connectivity index (χ2n) is 3.43. The summed E-state index contributed by atoms with van der Waals surface area (Å²) < 4.78 is 3.65. The van der Waals surface area contributed by atoms with Gasteiger partial charge in [0.25, 0.3) is 5.91 Å². The van der Waals surface area contributed by atoms with Gasteiger partial charge in [0, 0.05) is 6.54 Å². The molecule has 0 fully saturated rings. The maximum absolute atomic E-state index is 11.8. The Morgan fingerprint density at radius 3 is 2.56 bits per heavy atom. The number of nitrogens with one attached hydrogen (secondary N) is 1. The number of nitrogens with zero attached hydrogens (tertiary/aromatic N) is 2. The van der Waals surface area contributed by atoms with Gasteiger partial charge in [-0.25, -0.2) is 0 Å². The van der Waals surface area contributed by atoms with Crippen molar-refractivity contribution < 1.29 is 4.79 Å². The summed E-state index contributed by atoms with van der Waals surface area (Å²) in [5.41, 5.74) is 5.38. The van der Waals surface area contributed by atoms with Crippen molar-refractivity contribution in [1.82, 2.24) is 14.9 Å². The van der Waals surface area contributed by atoms with Crippen LogP contribution in [0, 0.1) is 0 Å². The number of nitrogens with two attached hydrogens (primary N) is 1. The van der Waals surface area contributed by atoms with Gasteiger partial charge >= 0.3 is 0 Å². The third-order valence-corrected chi connectivity index (χ3v) is 3.37. The van der Waals surface area contributed by atoms with Crippen LogP contribution in [-0.4, -0.2) is 27.6 Å². The molecule has 0 spiro atoms. The Morgan fingerprint density at radius 2 is 2.19 bits per heavy atom. The molecule has 0 aromatic carbocycles. The highest BCUT2D eigenvalue weighted by molar-refractivity contribution is 7.07. The van der Waals surface area contributed by atoms with Gasteiger partial charge in [-0.1, -0.05) is 18.3 Å². The number of amides is 1. The fraction of sp³-hybridized carbons (Fsp3) is 0.667. The van der Waals surface area contributed by atoms with Crippen LogP contribution in [0.4, 0.5) is 0 Å². The molecule has 0 aliphatic rings. The van der Waals surface area contributed by atoms with E-state index in [-0.39, 0.29) is 23.9 Å². The topological polar surface area (TPSA) is 80.9 Å². The molecular weight excluding hydrogens is 248 g/mol. The van der Waals surface area contributed by atoms with E-state index in [4.69, 9.17) is 5.73 Å². The number of hydrogen-bond acceptors (Lipinski definition) is 5. The van der Waals surface area contributed by atoms with Crippen molar-refractivity contribution in [3.63, 3.8) is 0 Å². The van der Waals surface area contributed by atoms with Crippen LogP contribution in [0.25, 0.3) is 0 Å². The van der Waals surface area contributed by atoms with E-state index < -0.39 is 0 Å². The molecule has 0 aliphatic carbocycles. The first-order valence-corrected chi connectivity index (χ1v) is 5.74. The number of carbonyl (C=O) groups excluding carboxylic acids is 1. The lowest BCUT2D eigenvalue weighted by Gasteiger charge is -2.31. The summed E-state index contributed by atoms with van der Waals surface area (Å²) in [6, 6.07) is 0. The van der Waals surface area contributed by atoms with Crippen molar-refractivity contribution in [3.05, 3.63) is 11.1 Å². The predicted octanol–water partition coefficient (Wildman–Crippen LogP) is 1.21. The second kappa shape index (κ2) is 6.78.